The highest BCUT2D eigenvalue weighted by Crippen LogP contribution is 2.11. The largest absolute Gasteiger partial charge is 0.449 e. The van der Waals surface area contributed by atoms with Gasteiger partial charge in [0, 0.05) is 23.6 Å². The second-order valence-corrected chi connectivity index (χ2v) is 4.72. The number of ether oxygens (including phenoxy) is 1. The average Bonchev–Trinajstić information content (AvgIpc) is 2.56. The molecular formula is C16H15N3O4. The van der Waals surface area contributed by atoms with Gasteiger partial charge in [-0.15, -0.1) is 0 Å². The Morgan fingerprint density at radius 2 is 1.83 bits per heavy atom. The lowest BCUT2D eigenvalue weighted by molar-refractivity contribution is -0.123. The molecule has 1 atom stereocenters. The molecule has 1 aromatic carbocycles. The van der Waals surface area contributed by atoms with Gasteiger partial charge < -0.3 is 15.8 Å². The summed E-state index contributed by atoms with van der Waals surface area (Å²) in [6, 6.07) is 9.19. The highest BCUT2D eigenvalue weighted by atomic mass is 16.5. The fourth-order valence-corrected chi connectivity index (χ4v) is 1.73. The van der Waals surface area contributed by atoms with E-state index >= 15 is 0 Å². The summed E-state index contributed by atoms with van der Waals surface area (Å²) in [4.78, 5) is 38.6. The average molecular weight is 313 g/mol. The van der Waals surface area contributed by atoms with E-state index in [1.165, 1.54) is 43.6 Å². The molecule has 0 radical (unpaired) electrons. The Morgan fingerprint density at radius 3 is 2.39 bits per heavy atom. The number of nitrogens with two attached hydrogens (primary N) is 1. The first-order chi connectivity index (χ1) is 11.0. The fourth-order valence-electron chi connectivity index (χ4n) is 1.73. The van der Waals surface area contributed by atoms with Crippen LogP contribution in [-0.2, 0) is 9.53 Å². The van der Waals surface area contributed by atoms with Crippen molar-refractivity contribution in [1.82, 2.24) is 4.98 Å². The second-order valence-electron chi connectivity index (χ2n) is 4.72. The Labute approximate surface area is 132 Å². The van der Waals surface area contributed by atoms with E-state index in [0.29, 0.717) is 11.3 Å². The summed E-state index contributed by atoms with van der Waals surface area (Å²) in [5.74, 6) is -1.68. The summed E-state index contributed by atoms with van der Waals surface area (Å²) in [7, 11) is 0. The first kappa shape index (κ1) is 16.2. The number of hydrogen-bond donors (Lipinski definition) is 2. The number of hydrogen-bond acceptors (Lipinski definition) is 5. The van der Waals surface area contributed by atoms with Crippen LogP contribution in [0.4, 0.5) is 5.69 Å². The third-order valence-corrected chi connectivity index (χ3v) is 2.99. The van der Waals surface area contributed by atoms with Crippen LogP contribution in [0.1, 0.15) is 27.6 Å². The van der Waals surface area contributed by atoms with Crippen LogP contribution in [-0.4, -0.2) is 28.9 Å². The maximum atomic E-state index is 12.0. The lowest BCUT2D eigenvalue weighted by atomic mass is 10.2. The van der Waals surface area contributed by atoms with Crippen molar-refractivity contribution in [3.8, 4) is 0 Å². The van der Waals surface area contributed by atoms with Crippen LogP contribution in [0.5, 0.6) is 0 Å². The van der Waals surface area contributed by atoms with Crippen molar-refractivity contribution in [3.05, 3.63) is 59.9 Å². The Hall–Kier alpha value is -3.22. The fraction of sp³-hybridized carbons (Fsp3) is 0.125. The van der Waals surface area contributed by atoms with Gasteiger partial charge in [-0.2, -0.15) is 0 Å². The number of pyridine rings is 1. The molecule has 0 aliphatic carbocycles. The van der Waals surface area contributed by atoms with Gasteiger partial charge in [0.2, 0.25) is 5.91 Å². The van der Waals surface area contributed by atoms with E-state index in [0.717, 1.165) is 0 Å². The molecule has 7 heteroatoms. The minimum atomic E-state index is -0.987. The second kappa shape index (κ2) is 7.17. The molecule has 2 aromatic rings. The zero-order valence-corrected chi connectivity index (χ0v) is 12.4. The number of carbonyl (C=O) groups is 3. The number of nitrogens with zero attached hydrogens (tertiary/aromatic N) is 1. The van der Waals surface area contributed by atoms with Gasteiger partial charge >= 0.3 is 5.97 Å². The molecule has 1 heterocycles. The molecule has 0 aliphatic heterocycles. The number of carbonyl (C=O) groups excluding carboxylic acids is 3. The summed E-state index contributed by atoms with van der Waals surface area (Å²) in [5.41, 5.74) is 6.19. The minimum Gasteiger partial charge on any atom is -0.449 e. The summed E-state index contributed by atoms with van der Waals surface area (Å²) in [5, 5.41) is 2.58. The van der Waals surface area contributed by atoms with E-state index in [2.05, 4.69) is 10.3 Å². The standard InChI is InChI=1S/C16H15N3O4/c1-10(23-16(22)12-3-2-8-18-9-12)15(21)19-13-6-4-11(5-7-13)14(17)20/h2-10H,1H3,(H2,17,20)(H,19,21)/t10-/m0/s1. The highest BCUT2D eigenvalue weighted by Gasteiger charge is 2.19. The lowest BCUT2D eigenvalue weighted by Crippen LogP contribution is -2.30. The third-order valence-electron chi connectivity index (χ3n) is 2.99. The number of anilines is 1. The first-order valence-corrected chi connectivity index (χ1v) is 6.79. The molecule has 3 N–H and O–H groups in total. The van der Waals surface area contributed by atoms with Gasteiger partial charge in [-0.1, -0.05) is 0 Å². The number of rotatable bonds is 5. The SMILES string of the molecule is C[C@H](OC(=O)c1cccnc1)C(=O)Nc1ccc(C(N)=O)cc1. The van der Waals surface area contributed by atoms with Crippen LogP contribution >= 0.6 is 0 Å². The van der Waals surface area contributed by atoms with E-state index in [9.17, 15) is 14.4 Å². The van der Waals surface area contributed by atoms with Gasteiger partial charge in [0.1, 0.15) is 0 Å². The molecule has 0 saturated carbocycles. The molecule has 0 aliphatic rings. The molecular weight excluding hydrogens is 298 g/mol. The lowest BCUT2D eigenvalue weighted by Gasteiger charge is -2.13. The smallest absolute Gasteiger partial charge is 0.340 e. The van der Waals surface area contributed by atoms with E-state index in [-0.39, 0.29) is 5.56 Å². The van der Waals surface area contributed by atoms with Gasteiger partial charge in [-0.3, -0.25) is 14.6 Å². The molecule has 0 fully saturated rings. The van der Waals surface area contributed by atoms with Gasteiger partial charge in [-0.05, 0) is 43.3 Å². The number of primary amides is 1. The zero-order chi connectivity index (χ0) is 16.8. The van der Waals surface area contributed by atoms with Crippen LogP contribution in [0.2, 0.25) is 0 Å². The molecule has 118 valence electrons. The summed E-state index contributed by atoms with van der Waals surface area (Å²) >= 11 is 0. The predicted molar refractivity (Wildman–Crippen MR) is 82.7 cm³/mol. The minimum absolute atomic E-state index is 0.262. The number of benzene rings is 1. The molecule has 2 amide bonds. The summed E-state index contributed by atoms with van der Waals surface area (Å²) < 4.78 is 5.07. The van der Waals surface area contributed by atoms with E-state index in [1.54, 1.807) is 12.1 Å². The van der Waals surface area contributed by atoms with Crippen LogP contribution < -0.4 is 11.1 Å². The molecule has 2 rings (SSSR count). The quantitative estimate of drug-likeness (QED) is 0.810. The number of esters is 1. The van der Waals surface area contributed by atoms with E-state index in [4.69, 9.17) is 10.5 Å². The number of amides is 2. The number of aromatic nitrogens is 1. The Balaban J connectivity index is 1.94. The van der Waals surface area contributed by atoms with E-state index in [1.807, 2.05) is 0 Å². The maximum absolute atomic E-state index is 12.0. The van der Waals surface area contributed by atoms with Crippen LogP contribution in [0.15, 0.2) is 48.8 Å². The zero-order valence-electron chi connectivity index (χ0n) is 12.4. The van der Waals surface area contributed by atoms with E-state index < -0.39 is 23.9 Å². The molecule has 0 unspecified atom stereocenters. The van der Waals surface area contributed by atoms with Crippen molar-refractivity contribution in [2.24, 2.45) is 5.73 Å². The monoisotopic (exact) mass is 313 g/mol. The summed E-state index contributed by atoms with van der Waals surface area (Å²) in [6.07, 6.45) is 1.90. The Kier molecular flexibility index (Phi) is 5.03. The highest BCUT2D eigenvalue weighted by molar-refractivity contribution is 5.98. The Bertz CT molecular complexity index is 714. The van der Waals surface area contributed by atoms with Crippen molar-refractivity contribution in [1.29, 1.82) is 0 Å². The molecule has 0 bridgehead atoms. The molecule has 0 saturated heterocycles. The van der Waals surface area contributed by atoms with Crippen molar-refractivity contribution in [2.75, 3.05) is 5.32 Å². The van der Waals surface area contributed by atoms with Gasteiger partial charge in [0.05, 0.1) is 5.56 Å². The summed E-state index contributed by atoms with van der Waals surface area (Å²) in [6.45, 7) is 1.46. The van der Waals surface area contributed by atoms with Crippen LogP contribution in [0.3, 0.4) is 0 Å². The maximum Gasteiger partial charge on any atom is 0.340 e. The van der Waals surface area contributed by atoms with Crippen LogP contribution in [0.25, 0.3) is 0 Å². The van der Waals surface area contributed by atoms with Crippen molar-refractivity contribution in [2.45, 2.75) is 13.0 Å². The van der Waals surface area contributed by atoms with Crippen molar-refractivity contribution >= 4 is 23.5 Å². The van der Waals surface area contributed by atoms with Crippen molar-refractivity contribution < 1.29 is 19.1 Å². The molecule has 0 spiro atoms. The topological polar surface area (TPSA) is 111 Å². The normalized spacial score (nSPS) is 11.3. The Morgan fingerprint density at radius 1 is 1.13 bits per heavy atom. The number of nitrogens with one attached hydrogen (secondary N) is 1. The van der Waals surface area contributed by atoms with Gasteiger partial charge in [0.15, 0.2) is 6.10 Å². The molecule has 7 nitrogen and oxygen atoms in total. The van der Waals surface area contributed by atoms with Gasteiger partial charge in [0.25, 0.3) is 5.91 Å². The third kappa shape index (κ3) is 4.37. The first-order valence-electron chi connectivity index (χ1n) is 6.79. The van der Waals surface area contributed by atoms with Crippen LogP contribution in [0, 0.1) is 0 Å². The van der Waals surface area contributed by atoms with Crippen molar-refractivity contribution in [3.63, 3.8) is 0 Å². The molecule has 1 aromatic heterocycles. The molecule has 23 heavy (non-hydrogen) atoms. The predicted octanol–water partition coefficient (Wildman–Crippen LogP) is 1.36. The van der Waals surface area contributed by atoms with Gasteiger partial charge in [-0.25, -0.2) is 4.79 Å².